The molecule has 4 rings (SSSR count). The second-order valence-corrected chi connectivity index (χ2v) is 15.7. The first kappa shape index (κ1) is 38.8. The third-order valence-corrected chi connectivity index (χ3v) is 10.1. The SMILES string of the molecule is COC(=O)CCS(=O)(=O)NC(=O)C1(CCN(C[C@H](O)c2ccccc2)C(=O)OC(C)(C)C)C=CC(c2ccccc2)=CC1OC1CCCCC1. The Labute approximate surface area is 295 Å². The van der Waals surface area contributed by atoms with Crippen molar-refractivity contribution in [2.24, 2.45) is 5.41 Å². The number of esters is 1. The maximum absolute atomic E-state index is 14.4. The van der Waals surface area contributed by atoms with Crippen LogP contribution in [0.1, 0.15) is 82.9 Å². The predicted octanol–water partition coefficient (Wildman–Crippen LogP) is 5.71. The number of aliphatic hydroxyl groups is 1. The van der Waals surface area contributed by atoms with Crippen LogP contribution in [0.5, 0.6) is 0 Å². The summed E-state index contributed by atoms with van der Waals surface area (Å²) in [5, 5.41) is 11.2. The van der Waals surface area contributed by atoms with Gasteiger partial charge in [0.25, 0.3) is 0 Å². The molecule has 0 aliphatic heterocycles. The van der Waals surface area contributed by atoms with Crippen LogP contribution in [0.25, 0.3) is 5.57 Å². The number of aliphatic hydroxyl groups excluding tert-OH is 1. The zero-order valence-corrected chi connectivity index (χ0v) is 30.2. The summed E-state index contributed by atoms with van der Waals surface area (Å²) in [6.45, 7) is 4.98. The number of nitrogens with one attached hydrogen (secondary N) is 1. The molecular formula is C38H50N2O9S. The lowest BCUT2D eigenvalue weighted by Gasteiger charge is -2.41. The van der Waals surface area contributed by atoms with Gasteiger partial charge in [0.1, 0.15) is 5.60 Å². The first-order chi connectivity index (χ1) is 23.7. The van der Waals surface area contributed by atoms with Gasteiger partial charge in [-0.1, -0.05) is 92.1 Å². The summed E-state index contributed by atoms with van der Waals surface area (Å²) in [7, 11) is -3.13. The number of benzene rings is 2. The molecule has 0 bridgehead atoms. The summed E-state index contributed by atoms with van der Waals surface area (Å²) in [5.74, 6) is -2.23. The van der Waals surface area contributed by atoms with Crippen LogP contribution in [0.15, 0.2) is 78.9 Å². The van der Waals surface area contributed by atoms with Crippen molar-refractivity contribution >= 4 is 33.6 Å². The number of nitrogens with zero attached hydrogens (tertiary/aromatic N) is 1. The Kier molecular flexibility index (Phi) is 13.4. The average Bonchev–Trinajstić information content (AvgIpc) is 3.09. The number of rotatable bonds is 14. The molecule has 2 unspecified atom stereocenters. The minimum Gasteiger partial charge on any atom is -0.469 e. The normalized spacial score (nSPS) is 20.3. The molecule has 1 saturated carbocycles. The van der Waals surface area contributed by atoms with Crippen molar-refractivity contribution in [2.45, 2.75) is 89.6 Å². The second-order valence-electron chi connectivity index (χ2n) is 13.9. The Morgan fingerprint density at radius 2 is 1.64 bits per heavy atom. The van der Waals surface area contributed by atoms with Crippen molar-refractivity contribution in [2.75, 3.05) is 26.0 Å². The third kappa shape index (κ3) is 11.0. The summed E-state index contributed by atoms with van der Waals surface area (Å²) >= 11 is 0. The second kappa shape index (κ2) is 17.3. The smallest absolute Gasteiger partial charge is 0.410 e. The summed E-state index contributed by atoms with van der Waals surface area (Å²) in [6, 6.07) is 18.5. The highest BCUT2D eigenvalue weighted by atomic mass is 32.2. The number of hydrogen-bond donors (Lipinski definition) is 2. The number of carbonyl (C=O) groups excluding carboxylic acids is 3. The van der Waals surface area contributed by atoms with E-state index in [2.05, 4.69) is 9.46 Å². The van der Waals surface area contributed by atoms with Crippen LogP contribution in [0.3, 0.4) is 0 Å². The van der Waals surface area contributed by atoms with E-state index in [1.807, 2.05) is 42.5 Å². The van der Waals surface area contributed by atoms with Crippen molar-refractivity contribution in [3.8, 4) is 0 Å². The fourth-order valence-electron chi connectivity index (χ4n) is 6.14. The lowest BCUT2D eigenvalue weighted by atomic mass is 9.73. The van der Waals surface area contributed by atoms with Crippen molar-refractivity contribution in [3.63, 3.8) is 0 Å². The van der Waals surface area contributed by atoms with Gasteiger partial charge in [-0.15, -0.1) is 0 Å². The molecule has 2 aromatic carbocycles. The van der Waals surface area contributed by atoms with Crippen LogP contribution in [-0.2, 0) is 33.8 Å². The van der Waals surface area contributed by atoms with Gasteiger partial charge in [0.05, 0.1) is 49.6 Å². The summed E-state index contributed by atoms with van der Waals surface area (Å²) in [5.41, 5.74) is -0.169. The zero-order chi connectivity index (χ0) is 36.4. The number of ether oxygens (including phenoxy) is 3. The van der Waals surface area contributed by atoms with Gasteiger partial charge in [0.15, 0.2) is 0 Å². The standard InChI is InChI=1S/C38H50N2O9S/c1-37(2,3)49-36(44)40(27-32(41)29-16-10-6-11-17-29)24-23-38(35(43)39-50(45,46)25-21-34(42)47-4)22-20-30(28-14-8-5-9-15-28)26-33(38)48-31-18-12-7-13-19-31/h5-6,8-11,14-17,20,22,26,31-33,41H,7,12-13,18-19,21,23-25,27H2,1-4H3,(H,39,43)/t32-,33?,38?/m0/s1. The average molecular weight is 711 g/mol. The number of hydrogen-bond acceptors (Lipinski definition) is 9. The minimum absolute atomic E-state index is 0.0709. The Morgan fingerprint density at radius 1 is 1.00 bits per heavy atom. The van der Waals surface area contributed by atoms with Gasteiger partial charge in [-0.25, -0.2) is 13.2 Å². The lowest BCUT2D eigenvalue weighted by molar-refractivity contribution is -0.140. The summed E-state index contributed by atoms with van der Waals surface area (Å²) < 4.78 is 45.6. The van der Waals surface area contributed by atoms with Crippen molar-refractivity contribution in [3.05, 3.63) is 90.0 Å². The maximum atomic E-state index is 14.4. The van der Waals surface area contributed by atoms with E-state index in [-0.39, 0.29) is 25.6 Å². The van der Waals surface area contributed by atoms with Crippen molar-refractivity contribution in [1.82, 2.24) is 9.62 Å². The van der Waals surface area contributed by atoms with Crippen molar-refractivity contribution < 1.29 is 42.1 Å². The molecule has 50 heavy (non-hydrogen) atoms. The number of sulfonamides is 1. The minimum atomic E-state index is -4.29. The molecule has 12 heteroatoms. The fourth-order valence-corrected chi connectivity index (χ4v) is 7.15. The van der Waals surface area contributed by atoms with Crippen LogP contribution in [0.4, 0.5) is 4.79 Å². The van der Waals surface area contributed by atoms with Gasteiger partial charge in [-0.05, 0) is 62.8 Å². The molecule has 2 aliphatic rings. The summed E-state index contributed by atoms with van der Waals surface area (Å²) in [4.78, 5) is 41.2. The molecule has 2 N–H and O–H groups in total. The van der Waals surface area contributed by atoms with Gasteiger partial charge in [0, 0.05) is 6.54 Å². The van der Waals surface area contributed by atoms with Gasteiger partial charge < -0.3 is 24.2 Å². The molecule has 0 spiro atoms. The first-order valence-corrected chi connectivity index (χ1v) is 18.8. The highest BCUT2D eigenvalue weighted by molar-refractivity contribution is 7.90. The van der Waals surface area contributed by atoms with Gasteiger partial charge >= 0.3 is 12.1 Å². The van der Waals surface area contributed by atoms with Crippen LogP contribution in [0.2, 0.25) is 0 Å². The molecule has 0 radical (unpaired) electrons. The number of carbonyl (C=O) groups is 3. The fraction of sp³-hybridized carbons (Fsp3) is 0.500. The monoisotopic (exact) mass is 710 g/mol. The molecule has 11 nitrogen and oxygen atoms in total. The van der Waals surface area contributed by atoms with E-state index in [4.69, 9.17) is 9.47 Å². The van der Waals surface area contributed by atoms with Gasteiger partial charge in [-0.3, -0.25) is 14.3 Å². The van der Waals surface area contributed by atoms with Gasteiger partial charge in [0.2, 0.25) is 15.9 Å². The summed E-state index contributed by atoms with van der Waals surface area (Å²) in [6.07, 6.45) is 6.52. The largest absolute Gasteiger partial charge is 0.469 e. The van der Waals surface area contributed by atoms with Crippen LogP contribution < -0.4 is 4.72 Å². The third-order valence-electron chi connectivity index (χ3n) is 8.90. The Morgan fingerprint density at radius 3 is 2.26 bits per heavy atom. The number of allylic oxidation sites excluding steroid dienone is 2. The quantitative estimate of drug-likeness (QED) is 0.235. The molecule has 0 heterocycles. The van der Waals surface area contributed by atoms with E-state index in [0.29, 0.717) is 5.56 Å². The Bertz CT molecular complexity index is 1610. The van der Waals surface area contributed by atoms with E-state index >= 15 is 0 Å². The Hall–Kier alpha value is -4.00. The molecule has 0 saturated heterocycles. The molecule has 3 atom stereocenters. The molecule has 1 fully saturated rings. The lowest BCUT2D eigenvalue weighted by Crippen LogP contribution is -2.53. The van der Waals surface area contributed by atoms with E-state index in [9.17, 15) is 27.9 Å². The number of amides is 2. The maximum Gasteiger partial charge on any atom is 0.410 e. The van der Waals surface area contributed by atoms with E-state index in [0.717, 1.165) is 50.4 Å². The van der Waals surface area contributed by atoms with Crippen molar-refractivity contribution in [1.29, 1.82) is 0 Å². The van der Waals surface area contributed by atoms with Crippen LogP contribution in [-0.4, -0.2) is 80.2 Å². The van der Waals surface area contributed by atoms with Crippen LogP contribution in [0, 0.1) is 5.41 Å². The molecule has 272 valence electrons. The van der Waals surface area contributed by atoms with E-state index in [1.165, 1.54) is 4.90 Å². The highest BCUT2D eigenvalue weighted by Crippen LogP contribution is 2.41. The predicted molar refractivity (Wildman–Crippen MR) is 190 cm³/mol. The molecule has 0 aromatic heterocycles. The van der Waals surface area contributed by atoms with E-state index in [1.54, 1.807) is 57.2 Å². The Balaban J connectivity index is 1.74. The number of methoxy groups -OCH3 is 1. The molecule has 2 aliphatic carbocycles. The first-order valence-electron chi connectivity index (χ1n) is 17.2. The molecular weight excluding hydrogens is 660 g/mol. The molecule has 2 aromatic rings. The molecule has 2 amide bonds. The van der Waals surface area contributed by atoms with Crippen LogP contribution >= 0.6 is 0 Å². The van der Waals surface area contributed by atoms with E-state index < -0.39 is 63.4 Å². The topological polar surface area (TPSA) is 149 Å². The highest BCUT2D eigenvalue weighted by Gasteiger charge is 2.48. The van der Waals surface area contributed by atoms with Gasteiger partial charge in [-0.2, -0.15) is 0 Å². The zero-order valence-electron chi connectivity index (χ0n) is 29.4.